The van der Waals surface area contributed by atoms with E-state index in [9.17, 15) is 14.9 Å². The SMILES string of the molecule is CCC1C(=O)NC(=O)CN1c1c(C#N)c(C)nn1C. The number of carbonyl (C=O) groups excluding carboxylic acids is 2. The van der Waals surface area contributed by atoms with Gasteiger partial charge in [0.15, 0.2) is 0 Å². The second kappa shape index (κ2) is 4.72. The zero-order valence-electron chi connectivity index (χ0n) is 11.1. The van der Waals surface area contributed by atoms with E-state index in [1.165, 1.54) is 0 Å². The Hall–Kier alpha value is -2.36. The normalized spacial score (nSPS) is 19.3. The van der Waals surface area contributed by atoms with Gasteiger partial charge < -0.3 is 4.90 Å². The third kappa shape index (κ3) is 2.05. The van der Waals surface area contributed by atoms with Gasteiger partial charge in [-0.05, 0) is 13.3 Å². The second-order valence-corrected chi connectivity index (χ2v) is 4.48. The molecule has 0 aliphatic carbocycles. The molecule has 1 saturated heterocycles. The molecule has 1 aliphatic heterocycles. The number of aromatic nitrogens is 2. The van der Waals surface area contributed by atoms with Gasteiger partial charge in [0.2, 0.25) is 11.8 Å². The van der Waals surface area contributed by atoms with E-state index >= 15 is 0 Å². The molecule has 0 aromatic carbocycles. The largest absolute Gasteiger partial charge is 0.334 e. The van der Waals surface area contributed by atoms with Crippen molar-refractivity contribution in [1.82, 2.24) is 15.1 Å². The molecule has 1 N–H and O–H groups in total. The van der Waals surface area contributed by atoms with Crippen LogP contribution in [-0.4, -0.2) is 34.2 Å². The molecule has 1 fully saturated rings. The van der Waals surface area contributed by atoms with Crippen molar-refractivity contribution >= 4 is 17.6 Å². The number of carbonyl (C=O) groups is 2. The first kappa shape index (κ1) is 13.1. The Morgan fingerprint density at radius 3 is 2.79 bits per heavy atom. The molecule has 19 heavy (non-hydrogen) atoms. The Balaban J connectivity index is 2.52. The summed E-state index contributed by atoms with van der Waals surface area (Å²) in [4.78, 5) is 25.1. The van der Waals surface area contributed by atoms with E-state index in [-0.39, 0.29) is 18.4 Å². The van der Waals surface area contributed by atoms with Crippen LogP contribution in [0.5, 0.6) is 0 Å². The van der Waals surface area contributed by atoms with E-state index in [2.05, 4.69) is 16.5 Å². The highest BCUT2D eigenvalue weighted by Crippen LogP contribution is 2.26. The first-order valence-electron chi connectivity index (χ1n) is 6.03. The van der Waals surface area contributed by atoms with Gasteiger partial charge in [0.05, 0.1) is 12.2 Å². The zero-order chi connectivity index (χ0) is 14.2. The minimum absolute atomic E-state index is 0.0535. The maximum Gasteiger partial charge on any atom is 0.249 e. The standard InChI is InChI=1S/C12H15N5O2/c1-4-9-11(19)14-10(18)6-17(9)12-8(5-13)7(2)15-16(12)3/h9H,4,6H2,1-3H3,(H,14,18,19). The minimum atomic E-state index is -0.459. The van der Waals surface area contributed by atoms with Crippen LogP contribution in [0.3, 0.4) is 0 Å². The number of nitrogens with one attached hydrogen (secondary N) is 1. The molecule has 1 aromatic heterocycles. The maximum absolute atomic E-state index is 11.9. The number of imide groups is 1. The molecule has 0 bridgehead atoms. The Morgan fingerprint density at radius 2 is 2.21 bits per heavy atom. The molecule has 1 atom stereocenters. The van der Waals surface area contributed by atoms with Gasteiger partial charge in [0.1, 0.15) is 23.5 Å². The monoisotopic (exact) mass is 261 g/mol. The molecule has 2 amide bonds. The fourth-order valence-corrected chi connectivity index (χ4v) is 2.40. The lowest BCUT2D eigenvalue weighted by Crippen LogP contribution is -2.58. The number of hydrogen-bond donors (Lipinski definition) is 1. The van der Waals surface area contributed by atoms with Crippen molar-refractivity contribution in [3.05, 3.63) is 11.3 Å². The summed E-state index contributed by atoms with van der Waals surface area (Å²) in [6.07, 6.45) is 0.550. The van der Waals surface area contributed by atoms with Gasteiger partial charge in [-0.25, -0.2) is 0 Å². The second-order valence-electron chi connectivity index (χ2n) is 4.48. The Labute approximate surface area is 110 Å². The molecule has 1 aliphatic rings. The Kier molecular flexibility index (Phi) is 3.25. The molecule has 100 valence electrons. The summed E-state index contributed by atoms with van der Waals surface area (Å²) in [5.74, 6) is -0.172. The zero-order valence-corrected chi connectivity index (χ0v) is 11.1. The van der Waals surface area contributed by atoms with Crippen LogP contribution in [0.25, 0.3) is 0 Å². The number of amides is 2. The summed E-state index contributed by atoms with van der Waals surface area (Å²) in [5, 5.41) is 15.7. The first-order chi connectivity index (χ1) is 8.99. The fourth-order valence-electron chi connectivity index (χ4n) is 2.40. The number of nitriles is 1. The Morgan fingerprint density at radius 1 is 1.53 bits per heavy atom. The van der Waals surface area contributed by atoms with Crippen LogP contribution in [0.2, 0.25) is 0 Å². The van der Waals surface area contributed by atoms with Crippen LogP contribution in [0.1, 0.15) is 24.6 Å². The van der Waals surface area contributed by atoms with E-state index in [1.54, 1.807) is 23.6 Å². The lowest BCUT2D eigenvalue weighted by atomic mass is 10.1. The number of aryl methyl sites for hydroxylation is 2. The molecule has 2 heterocycles. The van der Waals surface area contributed by atoms with Crippen LogP contribution in [-0.2, 0) is 16.6 Å². The summed E-state index contributed by atoms with van der Waals surface area (Å²) in [7, 11) is 1.70. The molecule has 7 heteroatoms. The van der Waals surface area contributed by atoms with Crippen molar-refractivity contribution in [2.24, 2.45) is 7.05 Å². The van der Waals surface area contributed by atoms with Crippen molar-refractivity contribution in [3.63, 3.8) is 0 Å². The summed E-state index contributed by atoms with van der Waals surface area (Å²) >= 11 is 0. The molecular formula is C12H15N5O2. The van der Waals surface area contributed by atoms with Crippen molar-refractivity contribution in [1.29, 1.82) is 5.26 Å². The van der Waals surface area contributed by atoms with Crippen LogP contribution in [0.15, 0.2) is 0 Å². The fraction of sp³-hybridized carbons (Fsp3) is 0.500. The van der Waals surface area contributed by atoms with Gasteiger partial charge in [-0.15, -0.1) is 0 Å². The summed E-state index contributed by atoms with van der Waals surface area (Å²) in [5.41, 5.74) is 0.997. The lowest BCUT2D eigenvalue weighted by Gasteiger charge is -2.34. The summed E-state index contributed by atoms with van der Waals surface area (Å²) in [6.45, 7) is 3.65. The van der Waals surface area contributed by atoms with Crippen LogP contribution >= 0.6 is 0 Å². The average Bonchev–Trinajstić information content (AvgIpc) is 2.62. The number of nitrogens with zero attached hydrogens (tertiary/aromatic N) is 4. The highest BCUT2D eigenvalue weighted by molar-refractivity contribution is 6.04. The van der Waals surface area contributed by atoms with Gasteiger partial charge in [-0.3, -0.25) is 19.6 Å². The van der Waals surface area contributed by atoms with Gasteiger partial charge in [-0.2, -0.15) is 10.4 Å². The molecular weight excluding hydrogens is 246 g/mol. The van der Waals surface area contributed by atoms with Gasteiger partial charge in [0, 0.05) is 7.05 Å². The van der Waals surface area contributed by atoms with E-state index < -0.39 is 6.04 Å². The number of rotatable bonds is 2. The predicted octanol–water partition coefficient (Wildman–Crippen LogP) is -0.158. The number of hydrogen-bond acceptors (Lipinski definition) is 5. The molecule has 2 rings (SSSR count). The van der Waals surface area contributed by atoms with E-state index in [1.807, 2.05) is 6.92 Å². The van der Waals surface area contributed by atoms with Gasteiger partial charge >= 0.3 is 0 Å². The molecule has 7 nitrogen and oxygen atoms in total. The summed E-state index contributed by atoms with van der Waals surface area (Å²) < 4.78 is 1.54. The molecule has 1 aromatic rings. The van der Waals surface area contributed by atoms with Crippen LogP contribution in [0, 0.1) is 18.3 Å². The van der Waals surface area contributed by atoms with Crippen molar-refractivity contribution in [2.45, 2.75) is 26.3 Å². The number of piperazine rings is 1. The third-order valence-corrected chi connectivity index (χ3v) is 3.22. The predicted molar refractivity (Wildman–Crippen MR) is 67.2 cm³/mol. The van der Waals surface area contributed by atoms with E-state index in [0.717, 1.165) is 0 Å². The highest BCUT2D eigenvalue weighted by atomic mass is 16.2. The summed E-state index contributed by atoms with van der Waals surface area (Å²) in [6, 6.07) is 1.63. The molecule has 0 spiro atoms. The van der Waals surface area contributed by atoms with Gasteiger partial charge in [-0.1, -0.05) is 6.92 Å². The van der Waals surface area contributed by atoms with Gasteiger partial charge in [0.25, 0.3) is 0 Å². The van der Waals surface area contributed by atoms with E-state index in [4.69, 9.17) is 0 Å². The topological polar surface area (TPSA) is 91.0 Å². The molecule has 0 radical (unpaired) electrons. The Bertz CT molecular complexity index is 584. The number of anilines is 1. The minimum Gasteiger partial charge on any atom is -0.334 e. The first-order valence-corrected chi connectivity index (χ1v) is 6.03. The van der Waals surface area contributed by atoms with Crippen LogP contribution < -0.4 is 10.2 Å². The maximum atomic E-state index is 11.9. The smallest absolute Gasteiger partial charge is 0.249 e. The quantitative estimate of drug-likeness (QED) is 0.747. The average molecular weight is 261 g/mol. The molecule has 1 unspecified atom stereocenters. The van der Waals surface area contributed by atoms with Crippen molar-refractivity contribution in [3.8, 4) is 6.07 Å². The lowest BCUT2D eigenvalue weighted by molar-refractivity contribution is -0.132. The highest BCUT2D eigenvalue weighted by Gasteiger charge is 2.35. The van der Waals surface area contributed by atoms with Crippen molar-refractivity contribution in [2.75, 3.05) is 11.4 Å². The third-order valence-electron chi connectivity index (χ3n) is 3.22. The molecule has 0 saturated carbocycles. The van der Waals surface area contributed by atoms with Crippen LogP contribution in [0.4, 0.5) is 5.82 Å². The van der Waals surface area contributed by atoms with E-state index in [0.29, 0.717) is 23.5 Å². The van der Waals surface area contributed by atoms with Crippen molar-refractivity contribution < 1.29 is 9.59 Å².